The number of methoxy groups -OCH3 is 1. The maximum absolute atomic E-state index is 14.6. The fraction of sp³-hybridized carbons (Fsp3) is 0.469. The van der Waals surface area contributed by atoms with Crippen molar-refractivity contribution in [1.29, 1.82) is 0 Å². The molecule has 0 aromatic heterocycles. The largest absolute Gasteiger partial charge is 0.451 e. The van der Waals surface area contributed by atoms with Crippen molar-refractivity contribution in [3.63, 3.8) is 0 Å². The molecule has 0 aliphatic heterocycles. The molecule has 0 spiro atoms. The third-order valence-corrected chi connectivity index (χ3v) is 9.06. The Morgan fingerprint density at radius 2 is 1.32 bits per heavy atom. The van der Waals surface area contributed by atoms with E-state index in [-0.39, 0.29) is 29.8 Å². The second-order valence-electron chi connectivity index (χ2n) is 11.4. The Morgan fingerprint density at radius 1 is 0.763 bits per heavy atom. The predicted octanol–water partition coefficient (Wildman–Crippen LogP) is 7.75. The number of benzene rings is 2. The van der Waals surface area contributed by atoms with Crippen molar-refractivity contribution in [2.45, 2.75) is 74.9 Å². The lowest BCUT2D eigenvalue weighted by molar-refractivity contribution is -0.134. The second kappa shape index (κ2) is 10.4. The monoisotopic (exact) mass is 522 g/mol. The lowest BCUT2D eigenvalue weighted by Crippen LogP contribution is -2.48. The first-order valence-electron chi connectivity index (χ1n) is 13.5. The third kappa shape index (κ3) is 4.96. The van der Waals surface area contributed by atoms with Gasteiger partial charge >= 0.3 is 5.97 Å². The number of carbonyl (C=O) groups excluding carboxylic acids is 1. The van der Waals surface area contributed by atoms with E-state index < -0.39 is 16.6 Å². The molecule has 6 aliphatic carbocycles. The Kier molecular flexibility index (Phi) is 7.31. The van der Waals surface area contributed by atoms with Gasteiger partial charge in [0.25, 0.3) is 0 Å². The normalized spacial score (nSPS) is 33.1. The maximum Gasteiger partial charge on any atom is 0.338 e. The fourth-order valence-corrected chi connectivity index (χ4v) is 6.36. The van der Waals surface area contributed by atoms with Gasteiger partial charge in [-0.05, 0) is 81.2 Å². The van der Waals surface area contributed by atoms with Crippen LogP contribution in [-0.4, -0.2) is 31.1 Å². The Balaban J connectivity index is 0.000000155. The van der Waals surface area contributed by atoms with E-state index in [2.05, 4.69) is 0 Å². The molecule has 6 aliphatic rings. The lowest BCUT2D eigenvalue weighted by atomic mass is 9.59. The maximum atomic E-state index is 14.6. The van der Waals surface area contributed by atoms with E-state index in [9.17, 15) is 13.6 Å². The smallest absolute Gasteiger partial charge is 0.338 e. The summed E-state index contributed by atoms with van der Waals surface area (Å²) in [6.07, 6.45) is 9.48. The van der Waals surface area contributed by atoms with Crippen molar-refractivity contribution in [2.24, 2.45) is 5.41 Å². The van der Waals surface area contributed by atoms with E-state index >= 15 is 0 Å². The second-order valence-corrected chi connectivity index (χ2v) is 11.4. The first-order valence-corrected chi connectivity index (χ1v) is 13.5. The molecule has 0 amide bonds. The summed E-state index contributed by atoms with van der Waals surface area (Å²) < 4.78 is 45.0. The van der Waals surface area contributed by atoms with Crippen LogP contribution in [0.5, 0.6) is 0 Å². The number of esters is 1. The van der Waals surface area contributed by atoms with E-state index in [0.717, 1.165) is 56.9 Å². The van der Waals surface area contributed by atoms with Crippen molar-refractivity contribution >= 4 is 5.97 Å². The minimum atomic E-state index is -0.727. The van der Waals surface area contributed by atoms with E-state index in [4.69, 9.17) is 14.2 Å². The third-order valence-electron chi connectivity index (χ3n) is 9.06. The van der Waals surface area contributed by atoms with Gasteiger partial charge in [0.2, 0.25) is 0 Å². The molecule has 2 aromatic carbocycles. The number of hydrogen-bond donors (Lipinski definition) is 0. The van der Waals surface area contributed by atoms with Crippen molar-refractivity contribution in [1.82, 2.24) is 0 Å². The van der Waals surface area contributed by atoms with Crippen LogP contribution in [0.15, 0.2) is 84.5 Å². The topological polar surface area (TPSA) is 44.8 Å². The summed E-state index contributed by atoms with van der Waals surface area (Å²) >= 11 is 0. The van der Waals surface area contributed by atoms with Crippen molar-refractivity contribution in [3.05, 3.63) is 95.6 Å². The SMILES string of the molecule is CC12CCC(OC(=O)c3ccccc3)(C=C1F)CC2.COCOC12C=C(F)C(c3ccccc3)(CC1)CC2. The van der Waals surface area contributed by atoms with E-state index in [0.29, 0.717) is 5.56 Å². The molecular formula is C32H36F2O4. The zero-order valence-electron chi connectivity index (χ0n) is 22.2. The number of carbonyl (C=O) groups is 1. The van der Waals surface area contributed by atoms with E-state index in [1.54, 1.807) is 37.5 Å². The molecule has 0 atom stereocenters. The van der Waals surface area contributed by atoms with Crippen LogP contribution in [0.25, 0.3) is 0 Å². The van der Waals surface area contributed by atoms with Gasteiger partial charge < -0.3 is 14.2 Å². The fourth-order valence-electron chi connectivity index (χ4n) is 6.36. The lowest BCUT2D eigenvalue weighted by Gasteiger charge is -2.49. The van der Waals surface area contributed by atoms with Crippen LogP contribution in [0.3, 0.4) is 0 Å². The van der Waals surface area contributed by atoms with Crippen LogP contribution in [0.4, 0.5) is 8.78 Å². The van der Waals surface area contributed by atoms with Crippen molar-refractivity contribution in [2.75, 3.05) is 13.9 Å². The summed E-state index contributed by atoms with van der Waals surface area (Å²) in [7, 11) is 1.59. The highest BCUT2D eigenvalue weighted by Crippen LogP contribution is 2.55. The molecular weight excluding hydrogens is 486 g/mol. The van der Waals surface area contributed by atoms with Gasteiger partial charge in [-0.25, -0.2) is 13.6 Å². The van der Waals surface area contributed by atoms with Crippen LogP contribution in [-0.2, 0) is 19.6 Å². The van der Waals surface area contributed by atoms with Gasteiger partial charge in [0.15, 0.2) is 0 Å². The molecule has 38 heavy (non-hydrogen) atoms. The first kappa shape index (κ1) is 26.8. The Bertz CT molecular complexity index is 1190. The molecule has 2 fully saturated rings. The Labute approximate surface area is 223 Å². The highest BCUT2D eigenvalue weighted by molar-refractivity contribution is 5.89. The molecule has 8 rings (SSSR count). The first-order chi connectivity index (χ1) is 18.2. The predicted molar refractivity (Wildman–Crippen MR) is 142 cm³/mol. The van der Waals surface area contributed by atoms with Crippen molar-refractivity contribution < 1.29 is 27.8 Å². The Hall–Kier alpha value is -2.83. The molecule has 2 saturated carbocycles. The molecule has 4 bridgehead atoms. The number of fused-ring (bicyclic) bond motifs is 4. The standard InChI is InChI=1S/C16H19FO2.C16H17FO2/c1-18-12-19-15-7-9-16(10-8-15,14(17)11-15)13-5-3-2-4-6-13;1-15-7-9-16(10-8-15,11-13(15)17)19-14(18)12-5-3-2-4-6-12/h2-6,11H,7-10,12H2,1H3;2-6,11H,7-10H2,1H3. The van der Waals surface area contributed by atoms with Gasteiger partial charge in [0.05, 0.1) is 11.2 Å². The number of allylic oxidation sites excluding steroid dienone is 2. The highest BCUT2D eigenvalue weighted by Gasteiger charge is 2.52. The summed E-state index contributed by atoms with van der Waals surface area (Å²) in [6, 6.07) is 18.9. The quantitative estimate of drug-likeness (QED) is 0.287. The van der Waals surface area contributed by atoms with Crippen molar-refractivity contribution in [3.8, 4) is 0 Å². The summed E-state index contributed by atoms with van der Waals surface area (Å²) in [5, 5.41) is 0. The van der Waals surface area contributed by atoms with Crippen LogP contribution in [0, 0.1) is 5.41 Å². The van der Waals surface area contributed by atoms with Gasteiger partial charge in [0.1, 0.15) is 24.0 Å². The molecule has 0 heterocycles. The summed E-state index contributed by atoms with van der Waals surface area (Å²) in [5.41, 5.74) is -0.320. The number of rotatable bonds is 6. The van der Waals surface area contributed by atoms with Crippen LogP contribution >= 0.6 is 0 Å². The molecule has 2 aromatic rings. The molecule has 6 heteroatoms. The number of halogens is 2. The minimum Gasteiger partial charge on any atom is -0.451 e. The van der Waals surface area contributed by atoms with Crippen LogP contribution < -0.4 is 0 Å². The van der Waals surface area contributed by atoms with Crippen LogP contribution in [0.1, 0.15) is 74.2 Å². The molecule has 0 saturated heterocycles. The van der Waals surface area contributed by atoms with Crippen LogP contribution in [0.2, 0.25) is 0 Å². The van der Waals surface area contributed by atoms with E-state index in [1.807, 2.05) is 43.3 Å². The van der Waals surface area contributed by atoms with Gasteiger partial charge in [0, 0.05) is 17.9 Å². The highest BCUT2D eigenvalue weighted by atomic mass is 19.1. The zero-order valence-corrected chi connectivity index (χ0v) is 22.2. The summed E-state index contributed by atoms with van der Waals surface area (Å²) in [4.78, 5) is 12.1. The van der Waals surface area contributed by atoms with Gasteiger partial charge in [-0.3, -0.25) is 0 Å². The average Bonchev–Trinajstić information content (AvgIpc) is 2.95. The molecule has 0 unspecified atom stereocenters. The molecule has 202 valence electrons. The summed E-state index contributed by atoms with van der Waals surface area (Å²) in [6.45, 7) is 2.17. The zero-order chi connectivity index (χ0) is 26.9. The molecule has 4 nitrogen and oxygen atoms in total. The minimum absolute atomic E-state index is 0.0349. The van der Waals surface area contributed by atoms with Gasteiger partial charge in [-0.1, -0.05) is 55.5 Å². The summed E-state index contributed by atoms with van der Waals surface area (Å²) in [5.74, 6) is -0.520. The number of hydrogen-bond acceptors (Lipinski definition) is 4. The molecule has 0 N–H and O–H groups in total. The van der Waals surface area contributed by atoms with E-state index in [1.165, 1.54) is 6.08 Å². The van der Waals surface area contributed by atoms with Gasteiger partial charge in [-0.2, -0.15) is 0 Å². The van der Waals surface area contributed by atoms with Gasteiger partial charge in [-0.15, -0.1) is 0 Å². The Morgan fingerprint density at radius 3 is 1.87 bits per heavy atom. The number of ether oxygens (including phenoxy) is 3. The average molecular weight is 523 g/mol. The molecule has 0 radical (unpaired) electrons.